The minimum atomic E-state index is -0.153. The monoisotopic (exact) mass is 239 g/mol. The zero-order valence-corrected chi connectivity index (χ0v) is 10.8. The molecule has 96 valence electrons. The van der Waals surface area contributed by atoms with E-state index in [1.165, 1.54) is 0 Å². The van der Waals surface area contributed by atoms with Crippen molar-refractivity contribution >= 4 is 5.97 Å². The van der Waals surface area contributed by atoms with E-state index in [0.29, 0.717) is 19.6 Å². The number of carbonyl (C=O) groups is 1. The molecule has 1 N–H and O–H groups in total. The highest BCUT2D eigenvalue weighted by atomic mass is 16.5. The highest BCUT2D eigenvalue weighted by Gasteiger charge is 2.04. The lowest BCUT2D eigenvalue weighted by molar-refractivity contribution is -0.142. The molecule has 0 bridgehead atoms. The van der Waals surface area contributed by atoms with Crippen molar-refractivity contribution in [2.45, 2.75) is 33.2 Å². The van der Waals surface area contributed by atoms with E-state index >= 15 is 0 Å². The Bertz CT molecular complexity index is 361. The zero-order chi connectivity index (χ0) is 12.7. The maximum atomic E-state index is 11.1. The largest absolute Gasteiger partial charge is 0.466 e. The molecule has 17 heavy (non-hydrogen) atoms. The summed E-state index contributed by atoms with van der Waals surface area (Å²) < 4.78 is 6.71. The third-order valence-electron chi connectivity index (χ3n) is 2.51. The molecule has 5 nitrogen and oxygen atoms in total. The molecule has 0 aliphatic rings. The van der Waals surface area contributed by atoms with Crippen LogP contribution in [0.15, 0.2) is 6.07 Å². The molecule has 0 aromatic carbocycles. The standard InChI is InChI=1S/C12H21N3O2/c1-4-10-8-11(15(3)14-10)9-13-7-6-12(16)17-5-2/h8,13H,4-7,9H2,1-3H3. The fraction of sp³-hybridized carbons (Fsp3) is 0.667. The van der Waals surface area contributed by atoms with E-state index < -0.39 is 0 Å². The van der Waals surface area contributed by atoms with Crippen molar-refractivity contribution in [1.82, 2.24) is 15.1 Å². The van der Waals surface area contributed by atoms with Gasteiger partial charge in [0.05, 0.1) is 24.4 Å². The third-order valence-corrected chi connectivity index (χ3v) is 2.51. The Balaban J connectivity index is 2.26. The topological polar surface area (TPSA) is 56.1 Å². The summed E-state index contributed by atoms with van der Waals surface area (Å²) >= 11 is 0. The maximum Gasteiger partial charge on any atom is 0.307 e. The van der Waals surface area contributed by atoms with Crippen LogP contribution in [0.4, 0.5) is 0 Å². The number of aryl methyl sites for hydroxylation is 2. The summed E-state index contributed by atoms with van der Waals surface area (Å²) in [6.07, 6.45) is 1.35. The first-order valence-electron chi connectivity index (χ1n) is 6.05. The van der Waals surface area contributed by atoms with Gasteiger partial charge in [-0.3, -0.25) is 9.48 Å². The van der Waals surface area contributed by atoms with Gasteiger partial charge in [-0.05, 0) is 19.4 Å². The van der Waals surface area contributed by atoms with Crippen LogP contribution in [-0.2, 0) is 29.5 Å². The van der Waals surface area contributed by atoms with Crippen molar-refractivity contribution < 1.29 is 9.53 Å². The minimum absolute atomic E-state index is 0.153. The fourth-order valence-corrected chi connectivity index (χ4v) is 1.55. The molecule has 0 amide bonds. The first kappa shape index (κ1) is 13.7. The summed E-state index contributed by atoms with van der Waals surface area (Å²) in [6.45, 7) is 5.70. The van der Waals surface area contributed by atoms with Crippen molar-refractivity contribution in [1.29, 1.82) is 0 Å². The fourth-order valence-electron chi connectivity index (χ4n) is 1.55. The number of hydrogen-bond acceptors (Lipinski definition) is 4. The Hall–Kier alpha value is -1.36. The van der Waals surface area contributed by atoms with Crippen molar-refractivity contribution in [3.63, 3.8) is 0 Å². The molecule has 0 unspecified atom stereocenters. The number of nitrogens with one attached hydrogen (secondary N) is 1. The third kappa shape index (κ3) is 4.56. The predicted octanol–water partition coefficient (Wildman–Crippen LogP) is 1.03. The molecule has 1 rings (SSSR count). The van der Waals surface area contributed by atoms with Crippen molar-refractivity contribution in [2.24, 2.45) is 7.05 Å². The maximum absolute atomic E-state index is 11.1. The van der Waals surface area contributed by atoms with Crippen LogP contribution in [0, 0.1) is 0 Å². The molecule has 0 spiro atoms. The van der Waals surface area contributed by atoms with Crippen LogP contribution in [0.25, 0.3) is 0 Å². The van der Waals surface area contributed by atoms with Gasteiger partial charge < -0.3 is 10.1 Å². The Kier molecular flexibility index (Phi) is 5.69. The molecule has 0 saturated carbocycles. The summed E-state index contributed by atoms with van der Waals surface area (Å²) in [6, 6.07) is 2.08. The van der Waals surface area contributed by atoms with Gasteiger partial charge in [-0.25, -0.2) is 0 Å². The van der Waals surface area contributed by atoms with Gasteiger partial charge in [0.2, 0.25) is 0 Å². The number of ether oxygens (including phenoxy) is 1. The molecule has 0 fully saturated rings. The van der Waals surface area contributed by atoms with Gasteiger partial charge in [-0.1, -0.05) is 6.92 Å². The van der Waals surface area contributed by atoms with Crippen LogP contribution >= 0.6 is 0 Å². The van der Waals surface area contributed by atoms with Crippen LogP contribution in [0.3, 0.4) is 0 Å². The lowest BCUT2D eigenvalue weighted by Gasteiger charge is -2.04. The van der Waals surface area contributed by atoms with Gasteiger partial charge in [0, 0.05) is 20.1 Å². The molecule has 5 heteroatoms. The molecule has 1 aromatic heterocycles. The molecule has 0 aliphatic heterocycles. The van der Waals surface area contributed by atoms with E-state index in [-0.39, 0.29) is 5.97 Å². The average Bonchev–Trinajstić information content (AvgIpc) is 2.66. The predicted molar refractivity (Wildman–Crippen MR) is 65.5 cm³/mol. The Morgan fingerprint density at radius 2 is 2.29 bits per heavy atom. The smallest absolute Gasteiger partial charge is 0.307 e. The Labute approximate surface area is 102 Å². The second kappa shape index (κ2) is 7.06. The van der Waals surface area contributed by atoms with E-state index in [2.05, 4.69) is 23.4 Å². The van der Waals surface area contributed by atoms with Gasteiger partial charge in [0.1, 0.15) is 0 Å². The van der Waals surface area contributed by atoms with E-state index in [9.17, 15) is 4.79 Å². The van der Waals surface area contributed by atoms with Crippen molar-refractivity contribution in [3.05, 3.63) is 17.5 Å². The van der Waals surface area contributed by atoms with Crippen LogP contribution in [-0.4, -0.2) is 28.9 Å². The summed E-state index contributed by atoms with van der Waals surface area (Å²) in [5, 5.41) is 7.57. The zero-order valence-electron chi connectivity index (χ0n) is 10.8. The van der Waals surface area contributed by atoms with Gasteiger partial charge >= 0.3 is 5.97 Å². The van der Waals surface area contributed by atoms with Gasteiger partial charge in [0.15, 0.2) is 0 Å². The van der Waals surface area contributed by atoms with Crippen molar-refractivity contribution in [2.75, 3.05) is 13.2 Å². The second-order valence-electron chi connectivity index (χ2n) is 3.84. The van der Waals surface area contributed by atoms with E-state index in [1.807, 2.05) is 18.7 Å². The first-order valence-corrected chi connectivity index (χ1v) is 6.05. The number of rotatable bonds is 7. The normalized spacial score (nSPS) is 10.5. The molecule has 1 aromatic rings. The highest BCUT2D eigenvalue weighted by Crippen LogP contribution is 2.03. The summed E-state index contributed by atoms with van der Waals surface area (Å²) in [4.78, 5) is 11.1. The highest BCUT2D eigenvalue weighted by molar-refractivity contribution is 5.69. The molecule has 0 radical (unpaired) electrons. The van der Waals surface area contributed by atoms with E-state index in [1.54, 1.807) is 0 Å². The summed E-state index contributed by atoms with van der Waals surface area (Å²) in [7, 11) is 1.93. The number of aromatic nitrogens is 2. The lowest BCUT2D eigenvalue weighted by atomic mass is 10.3. The number of nitrogens with zero attached hydrogens (tertiary/aromatic N) is 2. The SMILES string of the molecule is CCOC(=O)CCNCc1cc(CC)nn1C. The first-order chi connectivity index (χ1) is 8.17. The summed E-state index contributed by atoms with van der Waals surface area (Å²) in [5.41, 5.74) is 2.22. The Morgan fingerprint density at radius 1 is 1.53 bits per heavy atom. The van der Waals surface area contributed by atoms with Crippen molar-refractivity contribution in [3.8, 4) is 0 Å². The van der Waals surface area contributed by atoms with Crippen LogP contribution < -0.4 is 5.32 Å². The van der Waals surface area contributed by atoms with E-state index in [4.69, 9.17) is 4.74 Å². The van der Waals surface area contributed by atoms with Gasteiger partial charge in [-0.2, -0.15) is 5.10 Å². The minimum Gasteiger partial charge on any atom is -0.466 e. The summed E-state index contributed by atoms with van der Waals surface area (Å²) in [5.74, 6) is -0.153. The quantitative estimate of drug-likeness (QED) is 0.570. The average molecular weight is 239 g/mol. The van der Waals surface area contributed by atoms with Gasteiger partial charge in [0.25, 0.3) is 0 Å². The molecule has 1 heterocycles. The number of hydrogen-bond donors (Lipinski definition) is 1. The van der Waals surface area contributed by atoms with E-state index in [0.717, 1.165) is 24.4 Å². The molecular formula is C12H21N3O2. The van der Waals surface area contributed by atoms with Crippen LogP contribution in [0.1, 0.15) is 31.7 Å². The van der Waals surface area contributed by atoms with Gasteiger partial charge in [-0.15, -0.1) is 0 Å². The second-order valence-corrected chi connectivity index (χ2v) is 3.84. The molecule has 0 saturated heterocycles. The lowest BCUT2D eigenvalue weighted by Crippen LogP contribution is -2.20. The number of esters is 1. The molecule has 0 aliphatic carbocycles. The molecular weight excluding hydrogens is 218 g/mol. The Morgan fingerprint density at radius 3 is 2.88 bits per heavy atom. The van der Waals surface area contributed by atoms with Crippen LogP contribution in [0.2, 0.25) is 0 Å². The number of carbonyl (C=O) groups excluding carboxylic acids is 1. The van der Waals surface area contributed by atoms with Crippen LogP contribution in [0.5, 0.6) is 0 Å². The molecule has 0 atom stereocenters.